The molecule has 31 heteroatoms. The average Bonchev–Trinajstić information content (AvgIpc) is 1.65. The van der Waals surface area contributed by atoms with E-state index in [4.69, 9.17) is 64.2 Å². The highest BCUT2D eigenvalue weighted by Crippen LogP contribution is 2.40. The van der Waals surface area contributed by atoms with Crippen molar-refractivity contribution in [3.63, 3.8) is 0 Å². The number of ether oxygens (including phenoxy) is 4. The number of hydrogen-bond donors (Lipinski definition) is 11. The first-order valence-corrected chi connectivity index (χ1v) is 32.9. The number of amides is 6. The number of carbonyl (C=O) groups is 9. The van der Waals surface area contributed by atoms with Gasteiger partial charge in [0.2, 0.25) is 23.6 Å². The third-order valence-electron chi connectivity index (χ3n) is 15.6. The number of carboxylic acid groups (broad SMARTS) is 1. The summed E-state index contributed by atoms with van der Waals surface area (Å²) in [7, 11) is -2.21. The number of nitrogens with one attached hydrogen (secondary N) is 6. The summed E-state index contributed by atoms with van der Waals surface area (Å²) in [5, 5.41) is 42.6. The molecule has 28 nitrogen and oxygen atoms in total. The molecule has 2 aliphatic heterocycles. The van der Waals surface area contributed by atoms with E-state index >= 15 is 0 Å². The monoisotopic (exact) mass is 1340 g/mol. The molecule has 0 aromatic heterocycles. The van der Waals surface area contributed by atoms with Crippen molar-refractivity contribution in [1.29, 1.82) is 0 Å². The van der Waals surface area contributed by atoms with E-state index in [0.717, 1.165) is 0 Å². The molecule has 2 rings (SSSR count). The van der Waals surface area contributed by atoms with E-state index < -0.39 is 149 Å². The smallest absolute Gasteiger partial charge is 0.457 e. The highest BCUT2D eigenvalue weighted by atomic mass is 16.7. The Labute approximate surface area is 561 Å². The normalized spacial score (nSPS) is 18.2. The number of hydrogen-bond acceptors (Lipinski definition) is 21. The van der Waals surface area contributed by atoms with Gasteiger partial charge in [0.1, 0.15) is 46.6 Å². The fourth-order valence-electron chi connectivity index (χ4n) is 9.35. The van der Waals surface area contributed by atoms with Crippen LogP contribution < -0.4 is 43.4 Å². The third kappa shape index (κ3) is 35.6. The summed E-state index contributed by atoms with van der Waals surface area (Å²) in [6, 6.07) is -4.50. The molecule has 2 aliphatic rings. The van der Waals surface area contributed by atoms with Crippen molar-refractivity contribution in [2.45, 2.75) is 312 Å². The fraction of sp³-hybridized carbons (Fsp3) is 0.857. The van der Waals surface area contributed by atoms with E-state index in [2.05, 4.69) is 31.9 Å². The summed E-state index contributed by atoms with van der Waals surface area (Å²) < 4.78 is 46.1. The van der Waals surface area contributed by atoms with Crippen LogP contribution in [0.5, 0.6) is 0 Å². The van der Waals surface area contributed by atoms with Gasteiger partial charge in [0, 0.05) is 51.2 Å². The SMILES string of the molecule is CC(=O)N[C@H](C(=O)OC(C)(C)C)[C@H](CCCB1OC(C)(C)C(C)(C)O1)CNC(=O)OC(C)(C)C.CC[C@H](N)C(=O)NC[C@@H](CCCB(O)O)[C@H](N)C(=O)O.CC[C@H](NC(=O)OC(C)(C)C)C(=O)NC[C@@H](CCCB1OC(C)(C)C(C)(C)O1)[C@H](NC(C)=O)C(=O)OC(C)(C)C. The van der Waals surface area contributed by atoms with Crippen molar-refractivity contribution in [1.82, 2.24) is 31.9 Å². The zero-order valence-electron chi connectivity index (χ0n) is 61.2. The highest BCUT2D eigenvalue weighted by Gasteiger charge is 2.52. The number of aliphatic carboxylic acids is 1. The van der Waals surface area contributed by atoms with E-state index in [1.54, 1.807) is 96.9 Å². The van der Waals surface area contributed by atoms with E-state index in [9.17, 15) is 43.2 Å². The molecule has 2 fully saturated rings. The number of nitrogens with two attached hydrogens (primary N) is 2. The molecule has 0 unspecified atom stereocenters. The topological polar surface area (TPSA) is 412 Å². The lowest BCUT2D eigenvalue weighted by atomic mass is 9.80. The second kappa shape index (κ2) is 38.6. The van der Waals surface area contributed by atoms with E-state index in [0.29, 0.717) is 64.0 Å². The highest BCUT2D eigenvalue weighted by molar-refractivity contribution is 6.45. The Hall–Kier alpha value is -5.30. The van der Waals surface area contributed by atoms with Gasteiger partial charge in [0.25, 0.3) is 0 Å². The van der Waals surface area contributed by atoms with Gasteiger partial charge < -0.3 is 96.1 Å². The zero-order valence-corrected chi connectivity index (χ0v) is 61.2. The largest absolute Gasteiger partial charge is 0.480 e. The number of alkyl carbamates (subject to hydrolysis) is 2. The van der Waals surface area contributed by atoms with Gasteiger partial charge in [-0.25, -0.2) is 19.2 Å². The summed E-state index contributed by atoms with van der Waals surface area (Å²) in [6.45, 7) is 43.5. The van der Waals surface area contributed by atoms with Crippen LogP contribution in [0.4, 0.5) is 9.59 Å². The van der Waals surface area contributed by atoms with E-state index in [-0.39, 0.29) is 44.9 Å². The second-order valence-electron chi connectivity index (χ2n) is 30.2. The van der Waals surface area contributed by atoms with E-state index in [1.165, 1.54) is 13.8 Å². The molecule has 0 spiro atoms. The fourth-order valence-corrected chi connectivity index (χ4v) is 9.35. The standard InChI is InChI=1S/C28H52BN3O8.C24H45BN2O7.C11H24BN3O5/c1-13-20(32-24(36)38-26(6,7)8)22(34)30-17-19(21(31-18(2)33)23(35)37-25(3,4)5)15-14-16-29-39-27(9,10)28(11,12)40-29;1-16(28)27-18(19(29)31-21(2,3)4)17(15-26-20(30)32-22(5,6)7)13-12-14-25-33-23(8,9)24(10,11)34-25;1-2-8(13)10(16)15-6-7(9(14)11(17)18)4-3-5-12(19)20/h19-21H,13-17H2,1-12H3,(H,30,34)(H,31,33)(H,32,36);17-18H,12-15H2,1-11H3,(H,26,30)(H,27,28);7-9,19-20H,2-6,13-14H2,1H3,(H,15,16)(H,17,18)/t19-,20+,21+;17-,18+;7-,8+,9+/m111/s1. The number of carbonyl (C=O) groups excluding carboxylic acids is 8. The molecule has 6 amide bonds. The van der Waals surface area contributed by atoms with Crippen molar-refractivity contribution in [3.8, 4) is 0 Å². The van der Waals surface area contributed by atoms with Gasteiger partial charge in [-0.3, -0.25) is 24.0 Å². The van der Waals surface area contributed by atoms with Gasteiger partial charge in [-0.2, -0.15) is 0 Å². The van der Waals surface area contributed by atoms with Gasteiger partial charge in [-0.05, 0) is 190 Å². The Balaban J connectivity index is 0.00000145. The van der Waals surface area contributed by atoms with Crippen LogP contribution in [0.15, 0.2) is 0 Å². The van der Waals surface area contributed by atoms with Crippen LogP contribution >= 0.6 is 0 Å². The Morgan fingerprint density at radius 1 is 0.489 bits per heavy atom. The van der Waals surface area contributed by atoms with Crippen LogP contribution in [0, 0.1) is 17.8 Å². The molecule has 2 saturated heterocycles. The first-order chi connectivity index (χ1) is 42.6. The summed E-state index contributed by atoms with van der Waals surface area (Å²) in [6.07, 6.45) is 3.84. The molecule has 2 heterocycles. The lowest BCUT2D eigenvalue weighted by Crippen LogP contribution is -2.53. The molecule has 542 valence electrons. The maximum Gasteiger partial charge on any atom is 0.457 e. The third-order valence-corrected chi connectivity index (χ3v) is 15.6. The van der Waals surface area contributed by atoms with Crippen LogP contribution in [-0.2, 0) is 71.1 Å². The maximum absolute atomic E-state index is 13.2. The number of carboxylic acids is 1. The Morgan fingerprint density at radius 3 is 1.16 bits per heavy atom. The number of rotatable bonds is 31. The van der Waals surface area contributed by atoms with Gasteiger partial charge >= 0.3 is 51.4 Å². The Morgan fingerprint density at radius 2 is 0.830 bits per heavy atom. The molecule has 0 saturated carbocycles. The molecule has 0 radical (unpaired) electrons. The van der Waals surface area contributed by atoms with E-state index in [1.807, 2.05) is 55.4 Å². The van der Waals surface area contributed by atoms with Crippen LogP contribution in [0.25, 0.3) is 0 Å². The van der Waals surface area contributed by atoms with Crippen molar-refractivity contribution < 1.29 is 95.9 Å². The summed E-state index contributed by atoms with van der Waals surface area (Å²) in [5.41, 5.74) is 6.49. The quantitative estimate of drug-likeness (QED) is 0.0225. The van der Waals surface area contributed by atoms with Crippen molar-refractivity contribution in [2.75, 3.05) is 19.6 Å². The average molecular weight is 1340 g/mol. The summed E-state index contributed by atoms with van der Waals surface area (Å²) in [4.78, 5) is 110. The molecule has 0 bridgehead atoms. The predicted octanol–water partition coefficient (Wildman–Crippen LogP) is 5.71. The molecular formula is C63H121B3N8O20. The predicted molar refractivity (Wildman–Crippen MR) is 359 cm³/mol. The van der Waals surface area contributed by atoms with Crippen molar-refractivity contribution in [2.24, 2.45) is 29.2 Å². The lowest BCUT2D eigenvalue weighted by molar-refractivity contribution is -0.161. The minimum Gasteiger partial charge on any atom is -0.480 e. The molecular weight excluding hydrogens is 1220 g/mol. The molecule has 8 atom stereocenters. The van der Waals surface area contributed by atoms with Crippen LogP contribution in [0.2, 0.25) is 19.0 Å². The van der Waals surface area contributed by atoms with Gasteiger partial charge in [-0.15, -0.1) is 0 Å². The maximum atomic E-state index is 13.2. The minimum atomic E-state index is -1.43. The minimum absolute atomic E-state index is 0.0683. The van der Waals surface area contributed by atoms with Crippen molar-refractivity contribution in [3.05, 3.63) is 0 Å². The molecule has 13 N–H and O–H groups in total. The molecule has 94 heavy (non-hydrogen) atoms. The Bertz CT molecular complexity index is 2400. The second-order valence-corrected chi connectivity index (χ2v) is 30.2. The van der Waals surface area contributed by atoms with Crippen LogP contribution in [-0.4, -0.2) is 185 Å². The first-order valence-electron chi connectivity index (χ1n) is 32.9. The van der Waals surface area contributed by atoms with Gasteiger partial charge in [0.15, 0.2) is 0 Å². The lowest BCUT2D eigenvalue weighted by Gasteiger charge is -2.32. The van der Waals surface area contributed by atoms with Crippen LogP contribution in [0.3, 0.4) is 0 Å². The molecule has 0 aromatic rings. The molecule has 0 aromatic carbocycles. The first kappa shape index (κ1) is 88.7. The Kier molecular flexibility index (Phi) is 36.4. The zero-order chi connectivity index (χ0) is 73.3. The van der Waals surface area contributed by atoms with Crippen LogP contribution in [0.1, 0.15) is 218 Å². The number of esters is 2. The van der Waals surface area contributed by atoms with Crippen molar-refractivity contribution >= 4 is 75.1 Å². The molecule has 0 aliphatic carbocycles. The van der Waals surface area contributed by atoms with Gasteiger partial charge in [0.05, 0.1) is 28.4 Å². The van der Waals surface area contributed by atoms with Gasteiger partial charge in [-0.1, -0.05) is 33.1 Å². The summed E-state index contributed by atoms with van der Waals surface area (Å²) in [5.74, 6) is -5.22. The summed E-state index contributed by atoms with van der Waals surface area (Å²) >= 11 is 0.